The second-order valence-corrected chi connectivity index (χ2v) is 8.82. The van der Waals surface area contributed by atoms with Gasteiger partial charge in [-0.25, -0.2) is 15.1 Å². The molecule has 3 atom stereocenters. The van der Waals surface area contributed by atoms with Gasteiger partial charge in [0.25, 0.3) is 0 Å². The number of amides is 4. The van der Waals surface area contributed by atoms with Crippen molar-refractivity contribution in [1.82, 2.24) is 21.4 Å². The van der Waals surface area contributed by atoms with Crippen LogP contribution in [0.3, 0.4) is 0 Å². The average molecular weight is 475 g/mol. The molecule has 5 N–H and O–H groups in total. The zero-order valence-electron chi connectivity index (χ0n) is 17.9. The van der Waals surface area contributed by atoms with E-state index in [1.807, 2.05) is 5.48 Å². The first-order chi connectivity index (χ1) is 15.3. The number of esters is 1. The van der Waals surface area contributed by atoms with E-state index in [9.17, 15) is 24.0 Å². The third-order valence-electron chi connectivity index (χ3n) is 5.19. The predicted molar refractivity (Wildman–Crippen MR) is 114 cm³/mol. The molecular weight excluding hydrogens is 444 g/mol. The fraction of sp³-hybridized carbons (Fsp3) is 0.737. The van der Waals surface area contributed by atoms with E-state index < -0.39 is 22.6 Å². The van der Waals surface area contributed by atoms with Crippen molar-refractivity contribution in [1.29, 1.82) is 0 Å². The van der Waals surface area contributed by atoms with Crippen molar-refractivity contribution >= 4 is 41.5 Å². The van der Waals surface area contributed by atoms with Gasteiger partial charge in [-0.1, -0.05) is 6.42 Å². The number of thioether (sulfide) groups is 1. The van der Waals surface area contributed by atoms with Crippen LogP contribution >= 0.6 is 11.8 Å². The number of rotatable bonds is 13. The van der Waals surface area contributed by atoms with Gasteiger partial charge >= 0.3 is 23.9 Å². The van der Waals surface area contributed by atoms with E-state index in [1.165, 1.54) is 11.8 Å². The van der Waals surface area contributed by atoms with Crippen LogP contribution in [0.25, 0.3) is 0 Å². The summed E-state index contributed by atoms with van der Waals surface area (Å²) in [5.41, 5.74) is 1.99. The molecule has 2 aliphatic heterocycles. The summed E-state index contributed by atoms with van der Waals surface area (Å²) < 4.78 is 3.67. The number of ether oxygens (including phenoxy) is 1. The standard InChI is InChI=1S/C19H30N4O8S/c1-2-30-16(27)15(26)23-31-10-6-5-9-20-17(28)19(8-4-3-7-13(24)25)14-12(11-32-19)21-18(29)22-14/h12,14H,2-11H2,1H3,(H,20,28)(H,23,26)(H,24,25)(H2,21,22,29)/t12-,14-,19-/m0/s1. The maximum Gasteiger partial charge on any atom is 0.399 e. The molecule has 4 amide bonds. The monoisotopic (exact) mass is 474 g/mol. The van der Waals surface area contributed by atoms with E-state index in [1.54, 1.807) is 6.92 Å². The number of hydrogen-bond acceptors (Lipinski definition) is 8. The lowest BCUT2D eigenvalue weighted by atomic mass is 9.88. The molecule has 0 spiro atoms. The molecular formula is C19H30N4O8S. The Morgan fingerprint density at radius 2 is 1.97 bits per heavy atom. The molecule has 2 saturated heterocycles. The van der Waals surface area contributed by atoms with Gasteiger partial charge < -0.3 is 25.8 Å². The van der Waals surface area contributed by atoms with E-state index >= 15 is 0 Å². The Hall–Kier alpha value is -2.54. The molecule has 32 heavy (non-hydrogen) atoms. The normalized spacial score (nSPS) is 23.6. The SMILES string of the molecule is CCOC(=O)C(=O)NOCCCCNC(=O)[C@@]1(CCCCC(=O)O)SC[C@@H]2NC(=O)N[C@@H]21. The third-order valence-corrected chi connectivity index (χ3v) is 6.87. The fourth-order valence-corrected chi connectivity index (χ4v) is 5.31. The number of aliphatic carboxylic acids is 1. The molecule has 0 aliphatic carbocycles. The van der Waals surface area contributed by atoms with Gasteiger partial charge in [0.05, 0.1) is 25.3 Å². The van der Waals surface area contributed by atoms with Gasteiger partial charge in [-0.3, -0.25) is 19.2 Å². The van der Waals surface area contributed by atoms with Gasteiger partial charge in [-0.2, -0.15) is 0 Å². The van der Waals surface area contributed by atoms with Crippen LogP contribution < -0.4 is 21.4 Å². The highest BCUT2D eigenvalue weighted by atomic mass is 32.2. The first kappa shape index (κ1) is 25.7. The number of hydroxylamine groups is 1. The lowest BCUT2D eigenvalue weighted by Gasteiger charge is -2.32. The van der Waals surface area contributed by atoms with Crippen LogP contribution in [-0.2, 0) is 28.8 Å². The minimum Gasteiger partial charge on any atom is -0.481 e. The Kier molecular flexibility index (Phi) is 10.0. The molecule has 2 aliphatic rings. The molecule has 0 aromatic heterocycles. The van der Waals surface area contributed by atoms with Gasteiger partial charge in [0, 0.05) is 18.7 Å². The molecule has 0 aromatic carbocycles. The van der Waals surface area contributed by atoms with Crippen molar-refractivity contribution in [3.63, 3.8) is 0 Å². The third kappa shape index (κ3) is 6.99. The first-order valence-corrected chi connectivity index (χ1v) is 11.6. The smallest absolute Gasteiger partial charge is 0.399 e. The number of carboxylic acid groups (broad SMARTS) is 1. The van der Waals surface area contributed by atoms with Crippen molar-refractivity contribution in [2.45, 2.75) is 62.3 Å². The van der Waals surface area contributed by atoms with Gasteiger partial charge in [-0.15, -0.1) is 11.8 Å². The molecule has 2 heterocycles. The number of unbranched alkanes of at least 4 members (excludes halogenated alkanes) is 2. The highest BCUT2D eigenvalue weighted by Crippen LogP contribution is 2.44. The van der Waals surface area contributed by atoms with Crippen LogP contribution in [0.2, 0.25) is 0 Å². The number of nitrogens with one attached hydrogen (secondary N) is 4. The topological polar surface area (TPSA) is 172 Å². The number of urea groups is 1. The molecule has 0 unspecified atom stereocenters. The largest absolute Gasteiger partial charge is 0.481 e. The van der Waals surface area contributed by atoms with Crippen LogP contribution in [0.5, 0.6) is 0 Å². The Morgan fingerprint density at radius 3 is 2.69 bits per heavy atom. The van der Waals surface area contributed by atoms with Crippen LogP contribution in [0.1, 0.15) is 45.4 Å². The fourth-order valence-electron chi connectivity index (χ4n) is 3.66. The summed E-state index contributed by atoms with van der Waals surface area (Å²) in [6.07, 6.45) is 2.60. The van der Waals surface area contributed by atoms with Crippen molar-refractivity contribution in [3.8, 4) is 0 Å². The summed E-state index contributed by atoms with van der Waals surface area (Å²) in [6, 6.07) is -0.801. The van der Waals surface area contributed by atoms with Crippen LogP contribution in [-0.4, -0.2) is 77.2 Å². The van der Waals surface area contributed by atoms with Crippen LogP contribution in [0.15, 0.2) is 0 Å². The zero-order valence-corrected chi connectivity index (χ0v) is 18.8. The minimum atomic E-state index is -1.02. The van der Waals surface area contributed by atoms with Crippen molar-refractivity contribution < 1.29 is 38.7 Å². The first-order valence-electron chi connectivity index (χ1n) is 10.6. The Balaban J connectivity index is 1.76. The van der Waals surface area contributed by atoms with Crippen molar-refractivity contribution in [3.05, 3.63) is 0 Å². The second-order valence-electron chi connectivity index (χ2n) is 7.47. The van der Waals surface area contributed by atoms with E-state index in [2.05, 4.69) is 20.7 Å². The molecule has 12 nitrogen and oxygen atoms in total. The molecule has 13 heteroatoms. The summed E-state index contributed by atoms with van der Waals surface area (Å²) in [5, 5.41) is 17.4. The van der Waals surface area contributed by atoms with Gasteiger partial charge in [-0.05, 0) is 32.6 Å². The molecule has 0 saturated carbocycles. The number of carboxylic acids is 1. The maximum absolute atomic E-state index is 13.1. The Labute approximate surface area is 189 Å². The summed E-state index contributed by atoms with van der Waals surface area (Å²) in [5.74, 6) is -2.47. The lowest BCUT2D eigenvalue weighted by Crippen LogP contribution is -2.56. The minimum absolute atomic E-state index is 0.0355. The summed E-state index contributed by atoms with van der Waals surface area (Å²) in [6.45, 7) is 2.19. The van der Waals surface area contributed by atoms with E-state index in [0.29, 0.717) is 44.4 Å². The Morgan fingerprint density at radius 1 is 1.19 bits per heavy atom. The van der Waals surface area contributed by atoms with E-state index in [0.717, 1.165) is 0 Å². The summed E-state index contributed by atoms with van der Waals surface area (Å²) >= 11 is 1.48. The highest BCUT2D eigenvalue weighted by Gasteiger charge is 2.57. The second kappa shape index (κ2) is 12.5. The van der Waals surface area contributed by atoms with Crippen molar-refractivity contribution in [2.24, 2.45) is 0 Å². The molecule has 2 fully saturated rings. The van der Waals surface area contributed by atoms with E-state index in [4.69, 9.17) is 9.94 Å². The zero-order chi connectivity index (χ0) is 23.6. The van der Waals surface area contributed by atoms with Crippen LogP contribution in [0, 0.1) is 0 Å². The van der Waals surface area contributed by atoms with Crippen LogP contribution in [0.4, 0.5) is 4.79 Å². The number of carbonyl (C=O) groups is 5. The summed E-state index contributed by atoms with van der Waals surface area (Å²) in [7, 11) is 0. The predicted octanol–water partition coefficient (Wildman–Crippen LogP) is -0.326. The number of fused-ring (bicyclic) bond motifs is 1. The van der Waals surface area contributed by atoms with Crippen molar-refractivity contribution in [2.75, 3.05) is 25.5 Å². The number of carbonyl (C=O) groups excluding carboxylic acids is 4. The van der Waals surface area contributed by atoms with E-state index in [-0.39, 0.29) is 43.7 Å². The van der Waals surface area contributed by atoms with Gasteiger partial charge in [0.15, 0.2) is 0 Å². The van der Waals surface area contributed by atoms with Gasteiger partial charge in [0.1, 0.15) is 4.75 Å². The maximum atomic E-state index is 13.1. The Bertz CT molecular complexity index is 721. The van der Waals surface area contributed by atoms with Gasteiger partial charge in [0.2, 0.25) is 5.91 Å². The highest BCUT2D eigenvalue weighted by molar-refractivity contribution is 8.01. The molecule has 0 aromatic rings. The quantitative estimate of drug-likeness (QED) is 0.0788. The lowest BCUT2D eigenvalue weighted by molar-refractivity contribution is -0.160. The average Bonchev–Trinajstić information content (AvgIpc) is 3.28. The molecule has 0 radical (unpaired) electrons. The molecule has 180 valence electrons. The molecule has 2 rings (SSSR count). The molecule has 0 bridgehead atoms. The summed E-state index contributed by atoms with van der Waals surface area (Å²) in [4.78, 5) is 63.0. The number of hydrogen-bond donors (Lipinski definition) is 5.